The Morgan fingerprint density at radius 1 is 0.159 bits per heavy atom. The molecule has 0 aliphatic heterocycles. The average molecular weight is 1600 g/mol. The number of hydrogen-bond acceptors (Lipinski definition) is 0. The Morgan fingerprint density at radius 3 is 0.778 bits per heavy atom. The maximum atomic E-state index is 2.60. The monoisotopic (exact) mass is 1600 g/mol. The van der Waals surface area contributed by atoms with Gasteiger partial charge in [0, 0.05) is 64.6 Å². The highest BCUT2D eigenvalue weighted by molar-refractivity contribution is 6.31. The van der Waals surface area contributed by atoms with Crippen molar-refractivity contribution in [2.24, 2.45) is 0 Å². The molecule has 27 aromatic rings. The highest BCUT2D eigenvalue weighted by Crippen LogP contribution is 2.52. The summed E-state index contributed by atoms with van der Waals surface area (Å²) in [6.07, 6.45) is 0. The molecule has 3 heteroatoms. The normalized spacial score (nSPS) is 12.6. The van der Waals surface area contributed by atoms with E-state index in [0.29, 0.717) is 17.8 Å². The first-order chi connectivity index (χ1) is 61.9. The zero-order valence-corrected chi connectivity index (χ0v) is 70.9. The summed E-state index contributed by atoms with van der Waals surface area (Å²) in [6.45, 7) is 13.9. The summed E-state index contributed by atoms with van der Waals surface area (Å²) in [5, 5.41) is 30.0. The molecule has 21 aromatic carbocycles. The van der Waals surface area contributed by atoms with Gasteiger partial charge in [-0.25, -0.2) is 0 Å². The van der Waals surface area contributed by atoms with Gasteiger partial charge in [-0.3, -0.25) is 0 Å². The molecule has 0 radical (unpaired) electrons. The lowest BCUT2D eigenvalue weighted by Crippen LogP contribution is -1.96. The van der Waals surface area contributed by atoms with E-state index in [1.54, 1.807) is 0 Å². The lowest BCUT2D eigenvalue weighted by Gasteiger charge is -2.18. The quantitative estimate of drug-likeness (QED) is 0.122. The van der Waals surface area contributed by atoms with Gasteiger partial charge in [0.05, 0.1) is 49.7 Å². The van der Waals surface area contributed by atoms with Gasteiger partial charge in [0.15, 0.2) is 0 Å². The number of fused-ring (bicyclic) bond motifs is 24. The number of aromatic nitrogens is 3. The molecule has 0 unspecified atom stereocenters. The summed E-state index contributed by atoms with van der Waals surface area (Å²) in [7, 11) is 0. The lowest BCUT2D eigenvalue weighted by atomic mass is 9.85. The van der Waals surface area contributed by atoms with E-state index in [0.717, 1.165) is 0 Å². The van der Waals surface area contributed by atoms with Crippen molar-refractivity contribution in [1.29, 1.82) is 0 Å². The minimum atomic E-state index is 0.319. The predicted molar refractivity (Wildman–Crippen MR) is 541 cm³/mol. The molecule has 126 heavy (non-hydrogen) atoms. The van der Waals surface area contributed by atoms with Crippen molar-refractivity contribution in [3.63, 3.8) is 0 Å². The minimum absolute atomic E-state index is 0.319. The van der Waals surface area contributed by atoms with Crippen LogP contribution in [-0.4, -0.2) is 13.2 Å². The second-order valence-corrected chi connectivity index (χ2v) is 36.9. The van der Waals surface area contributed by atoms with Crippen LogP contribution in [-0.2, 0) is 0 Å². The van der Waals surface area contributed by atoms with E-state index < -0.39 is 0 Å². The van der Waals surface area contributed by atoms with E-state index in [9.17, 15) is 0 Å². The summed E-state index contributed by atoms with van der Waals surface area (Å²) in [6, 6.07) is 145. The van der Waals surface area contributed by atoms with Crippen molar-refractivity contribution in [2.75, 3.05) is 0 Å². The van der Waals surface area contributed by atoms with Crippen molar-refractivity contribution in [3.05, 3.63) is 393 Å². The summed E-state index contributed by atoms with van der Waals surface area (Å²) in [4.78, 5) is 0. The fourth-order valence-electron chi connectivity index (χ4n) is 22.4. The first-order valence-corrected chi connectivity index (χ1v) is 44.8. The van der Waals surface area contributed by atoms with Crippen LogP contribution < -0.4 is 0 Å². The van der Waals surface area contributed by atoms with Crippen LogP contribution >= 0.6 is 0 Å². The molecular formula is C123H83N3. The van der Waals surface area contributed by atoms with Gasteiger partial charge in [0.2, 0.25) is 0 Å². The molecule has 0 saturated heterocycles. The molecule has 0 atom stereocenters. The molecule has 0 aliphatic carbocycles. The van der Waals surface area contributed by atoms with E-state index in [1.807, 2.05) is 0 Å². The Labute approximate surface area is 728 Å². The summed E-state index contributed by atoms with van der Waals surface area (Å²) >= 11 is 0. The SMILES string of the molecule is CC(C)c1ccc(-c2cc3c4cc5ccccc5cc4n4c5cc6ccc(-c7ccc8cc9c(cc8c7)c7cc(-c8cc(C(C)C)ccc8-c8ccccc8)cc8c%10cc%11cc(-c%12ccc%13cc%14c(cc%13c%12)c%12cc(-c%13c(-c%15ccccc%15)cccc%13C(C)C)cc%13c%15cc%16ccccc%16cc%15n%14c%13%12)ccc%11cc%10n9c78)cc6cc5c(c2)c34)c(-c2ccccc2)c1. The number of rotatable bonds is 11. The molecule has 0 saturated carbocycles. The van der Waals surface area contributed by atoms with E-state index in [4.69, 9.17) is 0 Å². The van der Waals surface area contributed by atoms with Gasteiger partial charge in [-0.15, -0.1) is 0 Å². The fraction of sp³-hybridized carbons (Fsp3) is 0.0732. The summed E-state index contributed by atoms with van der Waals surface area (Å²) in [5.41, 5.74) is 34.9. The molecule has 0 aliphatic rings. The molecule has 0 amide bonds. The third-order valence-corrected chi connectivity index (χ3v) is 28.7. The molecule has 0 bridgehead atoms. The molecule has 590 valence electrons. The zero-order valence-electron chi connectivity index (χ0n) is 70.9. The predicted octanol–water partition coefficient (Wildman–Crippen LogP) is 34.8. The average Bonchev–Trinajstić information content (AvgIpc) is 1.54. The van der Waals surface area contributed by atoms with Gasteiger partial charge in [-0.2, -0.15) is 0 Å². The fourth-order valence-corrected chi connectivity index (χ4v) is 22.4. The third-order valence-electron chi connectivity index (χ3n) is 28.7. The van der Waals surface area contributed by atoms with Crippen LogP contribution in [0.1, 0.15) is 76.0 Å². The Morgan fingerprint density at radius 2 is 0.437 bits per heavy atom. The Balaban J connectivity index is 0.613. The van der Waals surface area contributed by atoms with E-state index in [-0.39, 0.29) is 0 Å². The molecule has 6 aromatic heterocycles. The number of benzene rings is 21. The maximum absolute atomic E-state index is 2.60. The van der Waals surface area contributed by atoms with Gasteiger partial charge in [-0.05, 0) is 322 Å². The molecular weight excluding hydrogens is 1520 g/mol. The second kappa shape index (κ2) is 26.6. The highest BCUT2D eigenvalue weighted by Gasteiger charge is 2.28. The van der Waals surface area contributed by atoms with Crippen LogP contribution in [0.4, 0.5) is 0 Å². The van der Waals surface area contributed by atoms with Crippen LogP contribution in [0, 0.1) is 0 Å². The topological polar surface area (TPSA) is 13.2 Å². The van der Waals surface area contributed by atoms with E-state index in [2.05, 4.69) is 431 Å². The van der Waals surface area contributed by atoms with Crippen molar-refractivity contribution >= 4 is 179 Å². The standard InChI is InChI=1S/C123H83N3/c1-69(2)75-42-44-98(100(49-75)74-25-14-9-15-26-74)93-57-108-102-51-77-27-16-18-29-79(77)63-114(102)124-116-65-85-37-33-81(45-89(85)53-104(116)109(58-93)121(108)124)82-34-38-86-66-117-105(54-90(86)46-82)110-59-94(101-50-76(70(3)4)41-43-97(101)72-21-10-7-11-22-72)60-111-106-55-91-47-83(35-39-87(91)67-118(106)126(117)122(110)111)84-36-40-88-68-119-107(56-92(88)48-84)113-62-95(120-96(71(5)6)31-20-32-99(120)73-23-12-8-13-24-73)61-112-103-52-78-28-17-19-30-80(78)64-115(103)125(119)123(112)113/h7-71H,1-6H3. The number of nitrogens with zero attached hydrogens (tertiary/aromatic N) is 3. The van der Waals surface area contributed by atoms with Crippen molar-refractivity contribution in [3.8, 4) is 89.0 Å². The van der Waals surface area contributed by atoms with Gasteiger partial charge >= 0.3 is 0 Å². The van der Waals surface area contributed by atoms with Crippen molar-refractivity contribution in [1.82, 2.24) is 13.2 Å². The molecule has 0 fully saturated rings. The second-order valence-electron chi connectivity index (χ2n) is 36.9. The van der Waals surface area contributed by atoms with Crippen molar-refractivity contribution in [2.45, 2.75) is 59.3 Å². The summed E-state index contributed by atoms with van der Waals surface area (Å²) < 4.78 is 7.72. The molecule has 0 N–H and O–H groups in total. The smallest absolute Gasteiger partial charge is 0.0620 e. The minimum Gasteiger partial charge on any atom is -0.308 e. The van der Waals surface area contributed by atoms with Crippen LogP contribution in [0.2, 0.25) is 0 Å². The van der Waals surface area contributed by atoms with E-state index in [1.165, 1.54) is 285 Å². The summed E-state index contributed by atoms with van der Waals surface area (Å²) in [5.74, 6) is 1.07. The lowest BCUT2D eigenvalue weighted by molar-refractivity contribution is 0.867. The molecule has 0 spiro atoms. The van der Waals surface area contributed by atoms with Crippen LogP contribution in [0.5, 0.6) is 0 Å². The Kier molecular flexibility index (Phi) is 15.0. The maximum Gasteiger partial charge on any atom is 0.0620 e. The van der Waals surface area contributed by atoms with E-state index >= 15 is 0 Å². The van der Waals surface area contributed by atoms with Crippen molar-refractivity contribution < 1.29 is 0 Å². The largest absolute Gasteiger partial charge is 0.308 e. The highest BCUT2D eigenvalue weighted by atomic mass is 14.9. The molecule has 6 heterocycles. The Hall–Kier alpha value is -15.4. The van der Waals surface area contributed by atoms with Gasteiger partial charge in [0.1, 0.15) is 0 Å². The van der Waals surface area contributed by atoms with Gasteiger partial charge in [0.25, 0.3) is 0 Å². The van der Waals surface area contributed by atoms with Gasteiger partial charge < -0.3 is 13.2 Å². The van der Waals surface area contributed by atoms with Crippen LogP contribution in [0.3, 0.4) is 0 Å². The van der Waals surface area contributed by atoms with Crippen LogP contribution in [0.25, 0.3) is 268 Å². The first-order valence-electron chi connectivity index (χ1n) is 44.8. The van der Waals surface area contributed by atoms with Gasteiger partial charge in [-0.1, -0.05) is 284 Å². The first kappa shape index (κ1) is 71.2. The third kappa shape index (κ3) is 10.5. The Bertz CT molecular complexity index is 9320. The molecule has 27 rings (SSSR count). The zero-order chi connectivity index (χ0) is 83.3. The van der Waals surface area contributed by atoms with Crippen LogP contribution in [0.15, 0.2) is 376 Å². The molecule has 3 nitrogen and oxygen atoms in total. The number of hydrogen-bond donors (Lipinski definition) is 0.